The van der Waals surface area contributed by atoms with Crippen molar-refractivity contribution < 1.29 is 18.3 Å². The second-order valence-corrected chi connectivity index (χ2v) is 6.33. The van der Waals surface area contributed by atoms with Crippen molar-refractivity contribution in [1.29, 1.82) is 0 Å². The highest BCUT2D eigenvalue weighted by Gasteiger charge is 2.17. The van der Waals surface area contributed by atoms with Gasteiger partial charge in [-0.2, -0.15) is 0 Å². The zero-order valence-electron chi connectivity index (χ0n) is 12.1. The number of aliphatic hydroxyl groups is 1. The molecule has 20 heavy (non-hydrogen) atoms. The predicted molar refractivity (Wildman–Crippen MR) is 76.9 cm³/mol. The molecule has 0 spiro atoms. The van der Waals surface area contributed by atoms with Gasteiger partial charge < -0.3 is 14.4 Å². The van der Waals surface area contributed by atoms with Gasteiger partial charge in [-0.25, -0.2) is 13.1 Å². The van der Waals surface area contributed by atoms with Gasteiger partial charge in [0.1, 0.15) is 0 Å². The first-order chi connectivity index (χ1) is 9.55. The number of hydrogen-bond donors (Lipinski definition) is 2. The van der Waals surface area contributed by atoms with Crippen LogP contribution in [0.5, 0.6) is 0 Å². The minimum absolute atomic E-state index is 0.166. The lowest BCUT2D eigenvalue weighted by Gasteiger charge is -2.05. The van der Waals surface area contributed by atoms with Crippen molar-refractivity contribution in [2.45, 2.75) is 44.2 Å². The number of nitrogens with one attached hydrogen (secondary N) is 1. The molecule has 1 aromatic heterocycles. The molecule has 0 fully saturated rings. The van der Waals surface area contributed by atoms with E-state index in [1.165, 1.54) is 6.07 Å². The molecule has 1 heterocycles. The number of unbranched alkanes of at least 4 members (excludes halogenated alkanes) is 2. The summed E-state index contributed by atoms with van der Waals surface area (Å²) in [6.07, 6.45) is 4.19. The Morgan fingerprint density at radius 3 is 2.65 bits per heavy atom. The summed E-state index contributed by atoms with van der Waals surface area (Å²) in [6, 6.07) is 1.51. The van der Waals surface area contributed by atoms with Gasteiger partial charge >= 0.3 is 0 Å². The van der Waals surface area contributed by atoms with Crippen molar-refractivity contribution >= 4 is 10.0 Å². The minimum Gasteiger partial charge on any atom is -0.390 e. The lowest BCUT2D eigenvalue weighted by Crippen LogP contribution is -2.24. The topological polar surface area (TPSA) is 80.6 Å². The summed E-state index contributed by atoms with van der Waals surface area (Å²) < 4.78 is 33.4. The number of nitrogens with zero attached hydrogens (tertiary/aromatic N) is 1. The Morgan fingerprint density at radius 1 is 1.35 bits per heavy atom. The number of aromatic nitrogens is 1. The molecular weight excluding hydrogens is 280 g/mol. The van der Waals surface area contributed by atoms with Crippen molar-refractivity contribution in [1.82, 2.24) is 9.29 Å². The van der Waals surface area contributed by atoms with Gasteiger partial charge in [-0.3, -0.25) is 0 Å². The maximum absolute atomic E-state index is 12.1. The van der Waals surface area contributed by atoms with Crippen molar-refractivity contribution in [2.75, 3.05) is 20.3 Å². The Bertz CT molecular complexity index is 475. The summed E-state index contributed by atoms with van der Waals surface area (Å²) in [5.74, 6) is 0. The lowest BCUT2D eigenvalue weighted by molar-refractivity contribution is 0.192. The number of methoxy groups -OCH3 is 1. The number of ether oxygens (including phenoxy) is 1. The van der Waals surface area contributed by atoms with E-state index in [0.717, 1.165) is 19.3 Å². The zero-order chi connectivity index (χ0) is 15.0. The molecule has 7 heteroatoms. The van der Waals surface area contributed by atoms with E-state index in [-0.39, 0.29) is 11.5 Å². The van der Waals surface area contributed by atoms with Crippen LogP contribution in [-0.2, 0) is 27.9 Å². The van der Waals surface area contributed by atoms with Gasteiger partial charge in [0.2, 0.25) is 10.0 Å². The standard InChI is InChI=1S/C13H24N2O4S/c1-3-15-10-13(9-12(15)11-16)20(17,18)14-7-5-4-6-8-19-2/h9-10,14,16H,3-8,11H2,1-2H3. The molecule has 0 radical (unpaired) electrons. The van der Waals surface area contributed by atoms with E-state index in [9.17, 15) is 13.5 Å². The maximum Gasteiger partial charge on any atom is 0.242 e. The van der Waals surface area contributed by atoms with E-state index in [1.807, 2.05) is 6.92 Å². The molecule has 0 unspecified atom stereocenters. The number of rotatable bonds is 10. The van der Waals surface area contributed by atoms with Crippen LogP contribution >= 0.6 is 0 Å². The summed E-state index contributed by atoms with van der Waals surface area (Å²) in [6.45, 7) is 3.48. The third-order valence-corrected chi connectivity index (χ3v) is 4.52. The van der Waals surface area contributed by atoms with Gasteiger partial charge in [-0.05, 0) is 32.3 Å². The van der Waals surface area contributed by atoms with Crippen LogP contribution in [0.15, 0.2) is 17.2 Å². The van der Waals surface area contributed by atoms with Crippen LogP contribution in [0.3, 0.4) is 0 Å². The second-order valence-electron chi connectivity index (χ2n) is 4.56. The van der Waals surface area contributed by atoms with E-state index in [0.29, 0.717) is 25.4 Å². The summed E-state index contributed by atoms with van der Waals surface area (Å²) in [5, 5.41) is 9.18. The largest absolute Gasteiger partial charge is 0.390 e. The van der Waals surface area contributed by atoms with Gasteiger partial charge in [0.25, 0.3) is 0 Å². The first-order valence-electron chi connectivity index (χ1n) is 6.83. The molecule has 0 saturated carbocycles. The van der Waals surface area contributed by atoms with Crippen LogP contribution in [0, 0.1) is 0 Å². The summed E-state index contributed by atoms with van der Waals surface area (Å²) >= 11 is 0. The van der Waals surface area contributed by atoms with Gasteiger partial charge in [-0.1, -0.05) is 0 Å². The van der Waals surface area contributed by atoms with Gasteiger partial charge in [-0.15, -0.1) is 0 Å². The predicted octanol–water partition coefficient (Wildman–Crippen LogP) is 1.10. The van der Waals surface area contributed by atoms with E-state index in [1.54, 1.807) is 17.9 Å². The lowest BCUT2D eigenvalue weighted by atomic mass is 10.2. The van der Waals surface area contributed by atoms with Crippen molar-refractivity contribution in [3.05, 3.63) is 18.0 Å². The van der Waals surface area contributed by atoms with Crippen LogP contribution in [-0.4, -0.2) is 38.4 Å². The third kappa shape index (κ3) is 4.90. The minimum atomic E-state index is -3.49. The molecule has 0 aromatic carbocycles. The second kappa shape index (κ2) is 8.41. The molecule has 0 amide bonds. The summed E-state index contributed by atoms with van der Waals surface area (Å²) in [5.41, 5.74) is 0.605. The average molecular weight is 304 g/mol. The van der Waals surface area contributed by atoms with Crippen LogP contribution in [0.1, 0.15) is 31.9 Å². The number of sulfonamides is 1. The maximum atomic E-state index is 12.1. The highest BCUT2D eigenvalue weighted by Crippen LogP contribution is 2.14. The average Bonchev–Trinajstić information content (AvgIpc) is 2.86. The van der Waals surface area contributed by atoms with E-state index in [2.05, 4.69) is 4.72 Å². The van der Waals surface area contributed by atoms with E-state index < -0.39 is 10.0 Å². The first kappa shape index (κ1) is 17.2. The van der Waals surface area contributed by atoms with Crippen LogP contribution in [0.25, 0.3) is 0 Å². The Labute approximate surface area is 120 Å². The van der Waals surface area contributed by atoms with Crippen molar-refractivity contribution in [2.24, 2.45) is 0 Å². The molecule has 0 bridgehead atoms. The zero-order valence-corrected chi connectivity index (χ0v) is 12.9. The number of aryl methyl sites for hydroxylation is 1. The fourth-order valence-electron chi connectivity index (χ4n) is 1.94. The Balaban J connectivity index is 2.54. The highest BCUT2D eigenvalue weighted by atomic mass is 32.2. The Kier molecular flexibility index (Phi) is 7.22. The molecule has 2 N–H and O–H groups in total. The number of hydrogen-bond acceptors (Lipinski definition) is 4. The van der Waals surface area contributed by atoms with E-state index in [4.69, 9.17) is 4.74 Å². The number of aliphatic hydroxyl groups excluding tert-OH is 1. The van der Waals surface area contributed by atoms with Crippen LogP contribution < -0.4 is 4.72 Å². The molecule has 0 aliphatic rings. The quantitative estimate of drug-likeness (QED) is 0.634. The molecular formula is C13H24N2O4S. The van der Waals surface area contributed by atoms with Gasteiger partial charge in [0.05, 0.1) is 11.5 Å². The molecule has 0 aliphatic heterocycles. The molecule has 0 atom stereocenters. The van der Waals surface area contributed by atoms with Crippen molar-refractivity contribution in [3.63, 3.8) is 0 Å². The molecule has 0 saturated heterocycles. The highest BCUT2D eigenvalue weighted by molar-refractivity contribution is 7.89. The fourth-order valence-corrected chi connectivity index (χ4v) is 3.07. The first-order valence-corrected chi connectivity index (χ1v) is 8.32. The molecule has 0 aliphatic carbocycles. The Morgan fingerprint density at radius 2 is 2.10 bits per heavy atom. The Hall–Kier alpha value is -0.890. The third-order valence-electron chi connectivity index (χ3n) is 3.09. The molecule has 6 nitrogen and oxygen atoms in total. The normalized spacial score (nSPS) is 11.9. The van der Waals surface area contributed by atoms with Crippen LogP contribution in [0.2, 0.25) is 0 Å². The van der Waals surface area contributed by atoms with E-state index >= 15 is 0 Å². The monoisotopic (exact) mass is 304 g/mol. The molecule has 1 rings (SSSR count). The summed E-state index contributed by atoms with van der Waals surface area (Å²) in [7, 11) is -1.84. The SMILES string of the molecule is CCn1cc(S(=O)(=O)NCCCCCOC)cc1CO. The fraction of sp³-hybridized carbons (Fsp3) is 0.692. The van der Waals surface area contributed by atoms with Crippen molar-refractivity contribution in [3.8, 4) is 0 Å². The summed E-state index contributed by atoms with van der Waals surface area (Å²) in [4.78, 5) is 0.209. The van der Waals surface area contributed by atoms with Crippen LogP contribution in [0.4, 0.5) is 0 Å². The van der Waals surface area contributed by atoms with Gasteiger partial charge in [0, 0.05) is 38.7 Å². The van der Waals surface area contributed by atoms with Gasteiger partial charge in [0.15, 0.2) is 0 Å². The molecule has 116 valence electrons. The smallest absolute Gasteiger partial charge is 0.242 e. The molecule has 1 aromatic rings.